The molecule has 3 aliphatic rings. The topological polar surface area (TPSA) is 9.72 Å². The molecule has 0 spiro atoms. The number of hydrogen-bond acceptors (Lipinski definition) is 4. The smallest absolute Gasteiger partial charge is 0.264 e. The highest BCUT2D eigenvalue weighted by molar-refractivity contribution is 7.33. The van der Waals surface area contributed by atoms with Crippen molar-refractivity contribution in [3.63, 3.8) is 0 Å². The van der Waals surface area contributed by atoms with Gasteiger partial charge in [0.1, 0.15) is 0 Å². The lowest BCUT2D eigenvalue weighted by molar-refractivity contribution is 0.333. The number of para-hydroxylation sites is 1. The summed E-state index contributed by atoms with van der Waals surface area (Å²) in [5, 5.41) is 6.89. The Morgan fingerprint density at radius 3 is 1.51 bits per heavy atom. The number of nitrogens with zero attached hydrogens (tertiary/aromatic N) is 3. The molecule has 0 saturated heterocycles. The van der Waals surface area contributed by atoms with Gasteiger partial charge < -0.3 is 14.7 Å². The minimum absolute atomic E-state index is 0.0181. The summed E-state index contributed by atoms with van der Waals surface area (Å²) in [7, 11) is -3.43. The largest absolute Gasteiger partial charge is 0.311 e. The Labute approximate surface area is 564 Å². The van der Waals surface area contributed by atoms with E-state index < -0.39 is 8.07 Å². The van der Waals surface area contributed by atoms with Crippen molar-refractivity contribution in [2.75, 3.05) is 14.7 Å². The summed E-state index contributed by atoms with van der Waals surface area (Å²) in [5.41, 5.74) is 22.1. The van der Waals surface area contributed by atoms with Crippen molar-refractivity contribution in [3.8, 4) is 11.1 Å². The van der Waals surface area contributed by atoms with Gasteiger partial charge in [-0.25, -0.2) is 0 Å². The molecule has 0 fully saturated rings. The summed E-state index contributed by atoms with van der Waals surface area (Å²) in [6.45, 7) is 31.0. The number of rotatable bonds is 10. The molecule has 1 aliphatic carbocycles. The van der Waals surface area contributed by atoms with Crippen molar-refractivity contribution < 1.29 is 0 Å². The molecule has 0 amide bonds. The van der Waals surface area contributed by atoms with Crippen LogP contribution in [0.1, 0.15) is 131 Å². The van der Waals surface area contributed by atoms with E-state index in [1.165, 1.54) is 108 Å². The Bertz CT molecular complexity index is 4800. The van der Waals surface area contributed by atoms with Gasteiger partial charge in [-0.05, 0) is 195 Å². The Balaban J connectivity index is 1.12. The molecule has 11 aromatic carbocycles. The van der Waals surface area contributed by atoms with E-state index in [1.54, 1.807) is 0 Å². The first-order valence-electron chi connectivity index (χ1n) is 34.0. The van der Waals surface area contributed by atoms with E-state index in [4.69, 9.17) is 0 Å². The lowest BCUT2D eigenvalue weighted by Gasteiger charge is -2.48. The third-order valence-electron chi connectivity index (χ3n) is 21.1. The maximum absolute atomic E-state index is 3.43. The van der Waals surface area contributed by atoms with Gasteiger partial charge in [0.05, 0.1) is 5.69 Å². The molecular weight excluding hydrogens is 1170 g/mol. The predicted octanol–water partition coefficient (Wildman–Crippen LogP) is 19.7. The fourth-order valence-corrected chi connectivity index (χ4v) is 22.4. The third kappa shape index (κ3) is 10.2. The summed E-state index contributed by atoms with van der Waals surface area (Å²) >= 11 is 1.99. The normalized spacial score (nSPS) is 14.9. The SMILES string of the molecule is CC(C)(C)c1ccc(N2c3cc(N(c4ccccc4)c4cccc(-c5ccccc5)c4)ccc3B3c4sc5ccc(C(C)(C)C)cc5c4N(c4ccc(C(C)(C)C)cc4)c4cc([Si](c5ccccc5)(c5ccccc5)c5cccc6c5C(C)(C)CCC6(C)C)cc2c43)cc1. The standard InChI is InChI=1S/C88H86BN3SSi/c1-84(2,3)61-40-45-65(46-41-61)91-75-56-68(90(64-31-20-15-21-32-64)67-33-26-30-60(54-67)59-28-18-14-19-29-59)49-50-74(75)89-81-76(91)57-71(58-77(81)92(66-47-42-62(43-48-66)85(4,5)6)82-72-55-63(86(7,8)9)44-51-78(72)93-83(82)89)94(69-34-22-16-23-35-69,70-36-24-17-25-37-70)79-39-27-38-73-80(79)88(12,13)53-52-87(73,10)11/h14-51,54-58H,52-53H2,1-13H3. The molecule has 0 bridgehead atoms. The van der Waals surface area contributed by atoms with E-state index in [0.29, 0.717) is 0 Å². The summed E-state index contributed by atoms with van der Waals surface area (Å²) in [5.74, 6) is 0. The predicted molar refractivity (Wildman–Crippen MR) is 411 cm³/mol. The maximum Gasteiger partial charge on any atom is 0.264 e. The van der Waals surface area contributed by atoms with Crippen LogP contribution in [0.25, 0.3) is 21.2 Å². The number of anilines is 9. The van der Waals surface area contributed by atoms with Crippen molar-refractivity contribution in [1.82, 2.24) is 0 Å². The Hall–Kier alpha value is -8.94. The van der Waals surface area contributed by atoms with Gasteiger partial charge in [0.15, 0.2) is 8.07 Å². The number of thiophene rings is 1. The highest BCUT2D eigenvalue weighted by Crippen LogP contribution is 2.51. The molecule has 2 aliphatic heterocycles. The zero-order valence-corrected chi connectivity index (χ0v) is 58.9. The first-order valence-corrected chi connectivity index (χ1v) is 36.8. The fraction of sp³-hybridized carbons (Fsp3) is 0.227. The summed E-state index contributed by atoms with van der Waals surface area (Å²) in [6.07, 6.45) is 2.24. The van der Waals surface area contributed by atoms with Crippen molar-refractivity contribution in [2.24, 2.45) is 0 Å². The van der Waals surface area contributed by atoms with E-state index in [0.717, 1.165) is 41.3 Å². The van der Waals surface area contributed by atoms with Gasteiger partial charge in [0.2, 0.25) is 0 Å². The van der Waals surface area contributed by atoms with Crippen LogP contribution in [-0.2, 0) is 27.1 Å². The van der Waals surface area contributed by atoms with Gasteiger partial charge in [-0.15, -0.1) is 11.3 Å². The molecular formula is C88H86BN3SSi. The van der Waals surface area contributed by atoms with Crippen LogP contribution in [0, 0.1) is 0 Å². The average Bonchev–Trinajstić information content (AvgIpc) is 1.10. The van der Waals surface area contributed by atoms with Crippen molar-refractivity contribution >= 4 is 124 Å². The van der Waals surface area contributed by atoms with E-state index in [1.807, 2.05) is 11.3 Å². The number of benzene rings is 11. The van der Waals surface area contributed by atoms with Crippen LogP contribution >= 0.6 is 11.3 Å². The van der Waals surface area contributed by atoms with Crippen LogP contribution in [0.2, 0.25) is 0 Å². The quantitative estimate of drug-likeness (QED) is 0.0998. The lowest BCUT2D eigenvalue weighted by Crippen LogP contribution is -2.76. The van der Waals surface area contributed by atoms with Crippen molar-refractivity contribution in [1.29, 1.82) is 0 Å². The monoisotopic (exact) mass is 1260 g/mol. The summed E-state index contributed by atoms with van der Waals surface area (Å²) in [6, 6.07) is 101. The Morgan fingerprint density at radius 2 is 0.915 bits per heavy atom. The second kappa shape index (κ2) is 22.6. The molecule has 94 heavy (non-hydrogen) atoms. The summed E-state index contributed by atoms with van der Waals surface area (Å²) in [4.78, 5) is 7.89. The zero-order chi connectivity index (χ0) is 65.3. The second-order valence-electron chi connectivity index (χ2n) is 31.2. The maximum atomic E-state index is 2.73. The molecule has 0 radical (unpaired) electrons. The lowest BCUT2D eigenvalue weighted by atomic mass is 9.36. The average molecular weight is 1260 g/mol. The molecule has 0 atom stereocenters. The molecule has 0 unspecified atom stereocenters. The first kappa shape index (κ1) is 61.3. The molecule has 3 heterocycles. The van der Waals surface area contributed by atoms with Gasteiger partial charge in [0.25, 0.3) is 6.71 Å². The molecule has 1 aromatic heterocycles. The molecule has 0 N–H and O–H groups in total. The van der Waals surface area contributed by atoms with Gasteiger partial charge in [-0.2, -0.15) is 0 Å². The highest BCUT2D eigenvalue weighted by atomic mass is 32.1. The van der Waals surface area contributed by atoms with E-state index in [9.17, 15) is 0 Å². The molecule has 466 valence electrons. The van der Waals surface area contributed by atoms with E-state index in [2.05, 4.69) is 366 Å². The number of fused-ring (bicyclic) bond motifs is 7. The third-order valence-corrected chi connectivity index (χ3v) is 27.1. The van der Waals surface area contributed by atoms with E-state index >= 15 is 0 Å². The molecule has 3 nitrogen and oxygen atoms in total. The zero-order valence-electron chi connectivity index (χ0n) is 57.1. The van der Waals surface area contributed by atoms with Crippen LogP contribution < -0.4 is 51.1 Å². The Morgan fingerprint density at radius 1 is 0.415 bits per heavy atom. The van der Waals surface area contributed by atoms with Gasteiger partial charge in [0, 0.05) is 60.4 Å². The van der Waals surface area contributed by atoms with Crippen LogP contribution in [0.5, 0.6) is 0 Å². The van der Waals surface area contributed by atoms with Crippen molar-refractivity contribution in [2.45, 2.75) is 130 Å². The van der Waals surface area contributed by atoms with Crippen LogP contribution in [0.4, 0.5) is 51.2 Å². The molecule has 12 aromatic rings. The minimum atomic E-state index is -3.43. The molecule has 0 saturated carbocycles. The second-order valence-corrected chi connectivity index (χ2v) is 36.1. The van der Waals surface area contributed by atoms with Gasteiger partial charge in [-0.1, -0.05) is 266 Å². The Kier molecular flexibility index (Phi) is 14.8. The van der Waals surface area contributed by atoms with Crippen LogP contribution in [-0.4, -0.2) is 14.8 Å². The number of hydrogen-bond donors (Lipinski definition) is 0. The minimum Gasteiger partial charge on any atom is -0.311 e. The van der Waals surface area contributed by atoms with Crippen LogP contribution in [0.15, 0.2) is 261 Å². The highest BCUT2D eigenvalue weighted by Gasteiger charge is 2.52. The van der Waals surface area contributed by atoms with Gasteiger partial charge in [-0.3, -0.25) is 0 Å². The van der Waals surface area contributed by atoms with Crippen molar-refractivity contribution in [3.05, 3.63) is 289 Å². The summed E-state index contributed by atoms with van der Waals surface area (Å²) < 4.78 is 2.67. The first-order chi connectivity index (χ1) is 45.0. The fourth-order valence-electron chi connectivity index (χ4n) is 15.9. The molecule has 15 rings (SSSR count). The van der Waals surface area contributed by atoms with E-state index in [-0.39, 0.29) is 33.8 Å². The molecule has 6 heteroatoms. The van der Waals surface area contributed by atoms with Crippen LogP contribution in [0.3, 0.4) is 0 Å². The van der Waals surface area contributed by atoms with Gasteiger partial charge >= 0.3 is 0 Å².